The fourth-order valence-electron chi connectivity index (χ4n) is 2.02. The Bertz CT molecular complexity index is 537. The van der Waals surface area contributed by atoms with Crippen LogP contribution in [-0.4, -0.2) is 25.2 Å². The van der Waals surface area contributed by atoms with E-state index < -0.39 is 5.97 Å². The highest BCUT2D eigenvalue weighted by molar-refractivity contribution is 5.86. The van der Waals surface area contributed by atoms with Crippen molar-refractivity contribution in [1.82, 2.24) is 0 Å². The summed E-state index contributed by atoms with van der Waals surface area (Å²) in [4.78, 5) is 30.1. The quantitative estimate of drug-likeness (QED) is 0.195. The van der Waals surface area contributed by atoms with E-state index in [-0.39, 0.29) is 12.1 Å². The van der Waals surface area contributed by atoms with Gasteiger partial charge >= 0.3 is 11.9 Å². The van der Waals surface area contributed by atoms with Crippen LogP contribution in [-0.2, 0) is 24.1 Å². The summed E-state index contributed by atoms with van der Waals surface area (Å²) in [5.74, 6) is -0.824. The van der Waals surface area contributed by atoms with E-state index in [1.165, 1.54) is 32.1 Å². The highest BCUT2D eigenvalue weighted by atomic mass is 17.2. The van der Waals surface area contributed by atoms with E-state index in [1.807, 2.05) is 37.3 Å². The molecule has 0 spiro atoms. The van der Waals surface area contributed by atoms with Crippen molar-refractivity contribution in [2.75, 3.05) is 7.11 Å². The summed E-state index contributed by atoms with van der Waals surface area (Å²) in [5.41, 5.74) is 0.940. The van der Waals surface area contributed by atoms with Gasteiger partial charge in [-0.05, 0) is 30.9 Å². The molecule has 0 aliphatic heterocycles. The Morgan fingerprint density at radius 1 is 1.12 bits per heavy atom. The largest absolute Gasteiger partial charge is 0.459 e. The normalized spacial score (nSPS) is 11.2. The molecule has 144 valence electrons. The lowest BCUT2D eigenvalue weighted by Gasteiger charge is -2.14. The summed E-state index contributed by atoms with van der Waals surface area (Å²) in [5, 5.41) is 0. The summed E-state index contributed by atoms with van der Waals surface area (Å²) < 4.78 is 5.14. The Balaban J connectivity index is 0.000000481. The van der Waals surface area contributed by atoms with Crippen molar-refractivity contribution in [3.63, 3.8) is 0 Å². The first-order chi connectivity index (χ1) is 12.6. The molecule has 1 unspecified atom stereocenters. The highest BCUT2D eigenvalue weighted by Gasteiger charge is 2.09. The van der Waals surface area contributed by atoms with Crippen molar-refractivity contribution in [1.29, 1.82) is 0 Å². The lowest BCUT2D eigenvalue weighted by Crippen LogP contribution is -2.15. The number of ether oxygens (including phenoxy) is 1. The van der Waals surface area contributed by atoms with Gasteiger partial charge in [-0.3, -0.25) is 4.89 Å². The third-order valence-electron chi connectivity index (χ3n) is 3.41. The van der Waals surface area contributed by atoms with Crippen LogP contribution < -0.4 is 0 Å². The Labute approximate surface area is 156 Å². The Hall–Kier alpha value is -2.40. The summed E-state index contributed by atoms with van der Waals surface area (Å²) in [6, 6.07) is 9.46. The third kappa shape index (κ3) is 13.0. The topological polar surface area (TPSA) is 61.8 Å². The van der Waals surface area contributed by atoms with E-state index in [9.17, 15) is 9.59 Å². The second kappa shape index (κ2) is 16.1. The molecule has 1 rings (SSSR count). The van der Waals surface area contributed by atoms with Crippen LogP contribution in [0.4, 0.5) is 0 Å². The van der Waals surface area contributed by atoms with Gasteiger partial charge in [-0.25, -0.2) is 9.59 Å². The first-order valence-corrected chi connectivity index (χ1v) is 8.88. The number of carbonyl (C=O) groups is 2. The van der Waals surface area contributed by atoms with E-state index in [4.69, 9.17) is 4.74 Å². The summed E-state index contributed by atoms with van der Waals surface area (Å²) >= 11 is 0. The highest BCUT2D eigenvalue weighted by Crippen LogP contribution is 2.10. The van der Waals surface area contributed by atoms with Crippen molar-refractivity contribution in [2.45, 2.75) is 52.1 Å². The van der Waals surface area contributed by atoms with Crippen LogP contribution in [0.25, 0.3) is 6.08 Å². The van der Waals surface area contributed by atoms with Crippen LogP contribution in [0.5, 0.6) is 0 Å². The van der Waals surface area contributed by atoms with Crippen LogP contribution in [0.2, 0.25) is 0 Å². The van der Waals surface area contributed by atoms with Crippen LogP contribution in [0.3, 0.4) is 0 Å². The fourth-order valence-corrected chi connectivity index (χ4v) is 2.02. The molecule has 0 saturated heterocycles. The molecular formula is C21H30O5. The van der Waals surface area contributed by atoms with Crippen molar-refractivity contribution in [2.24, 2.45) is 0 Å². The molecule has 0 N–H and O–H groups in total. The molecule has 0 radical (unpaired) electrons. The standard InChI is InChI=1S/C11H20O2.C10H10O3/c1-4-7-8-9-10(5-2)13-11(12)6-3;1-12-13-10(11)8-7-9-5-3-2-4-6-9/h6,10H,3-5,7-9H2,1-2H3;2-8H,1H3. The Kier molecular flexibility index (Phi) is 14.6. The molecule has 5 nitrogen and oxygen atoms in total. The lowest BCUT2D eigenvalue weighted by atomic mass is 10.1. The number of esters is 1. The van der Waals surface area contributed by atoms with Gasteiger partial charge in [0.2, 0.25) is 0 Å². The minimum absolute atomic E-state index is 0.0806. The van der Waals surface area contributed by atoms with Crippen LogP contribution >= 0.6 is 0 Å². The van der Waals surface area contributed by atoms with E-state index in [2.05, 4.69) is 23.3 Å². The predicted octanol–water partition coefficient (Wildman–Crippen LogP) is 4.88. The zero-order chi connectivity index (χ0) is 19.6. The van der Waals surface area contributed by atoms with Crippen molar-refractivity contribution >= 4 is 18.0 Å². The van der Waals surface area contributed by atoms with E-state index in [0.29, 0.717) is 0 Å². The smallest absolute Gasteiger partial charge is 0.365 e. The summed E-state index contributed by atoms with van der Waals surface area (Å²) in [6.45, 7) is 7.57. The second-order valence-corrected chi connectivity index (χ2v) is 5.48. The minimum Gasteiger partial charge on any atom is -0.459 e. The number of benzene rings is 1. The van der Waals surface area contributed by atoms with E-state index in [1.54, 1.807) is 6.08 Å². The fraction of sp³-hybridized carbons (Fsp3) is 0.429. The van der Waals surface area contributed by atoms with Crippen LogP contribution in [0, 0.1) is 0 Å². The summed E-state index contributed by atoms with van der Waals surface area (Å²) in [7, 11) is 1.29. The van der Waals surface area contributed by atoms with Gasteiger partial charge in [0.1, 0.15) is 6.10 Å². The SMILES string of the molecule is C=CC(=O)OC(CC)CCCCC.COOC(=O)C=Cc1ccccc1. The molecule has 0 heterocycles. The monoisotopic (exact) mass is 362 g/mol. The molecule has 0 aliphatic rings. The van der Waals surface area contributed by atoms with Gasteiger partial charge in [-0.2, -0.15) is 4.89 Å². The van der Waals surface area contributed by atoms with Crippen molar-refractivity contribution in [3.05, 3.63) is 54.6 Å². The molecule has 0 amide bonds. The molecule has 1 atom stereocenters. The molecule has 1 aromatic carbocycles. The van der Waals surface area contributed by atoms with Gasteiger partial charge in [-0.1, -0.05) is 63.6 Å². The molecule has 5 heteroatoms. The van der Waals surface area contributed by atoms with Gasteiger partial charge in [0.15, 0.2) is 0 Å². The first-order valence-electron chi connectivity index (χ1n) is 8.88. The minimum atomic E-state index is -0.522. The number of unbranched alkanes of at least 4 members (excludes halogenated alkanes) is 2. The maximum absolute atomic E-state index is 10.9. The Morgan fingerprint density at radius 2 is 1.81 bits per heavy atom. The molecule has 0 aromatic heterocycles. The van der Waals surface area contributed by atoms with Gasteiger partial charge in [0.25, 0.3) is 0 Å². The van der Waals surface area contributed by atoms with Gasteiger partial charge in [0.05, 0.1) is 7.11 Å². The number of carbonyl (C=O) groups excluding carboxylic acids is 2. The van der Waals surface area contributed by atoms with Crippen molar-refractivity contribution in [3.8, 4) is 0 Å². The zero-order valence-electron chi connectivity index (χ0n) is 16.0. The molecular weight excluding hydrogens is 332 g/mol. The maximum Gasteiger partial charge on any atom is 0.365 e. The lowest BCUT2D eigenvalue weighted by molar-refractivity contribution is -0.249. The number of rotatable bonds is 10. The molecule has 0 saturated carbocycles. The molecule has 0 bridgehead atoms. The predicted molar refractivity (Wildman–Crippen MR) is 103 cm³/mol. The first kappa shape index (κ1) is 23.6. The van der Waals surface area contributed by atoms with Gasteiger partial charge in [-0.15, -0.1) is 0 Å². The number of hydrogen-bond donors (Lipinski definition) is 0. The maximum atomic E-state index is 10.9. The van der Waals surface area contributed by atoms with Crippen LogP contribution in [0.1, 0.15) is 51.5 Å². The van der Waals surface area contributed by atoms with Crippen molar-refractivity contribution < 1.29 is 24.1 Å². The van der Waals surface area contributed by atoms with E-state index in [0.717, 1.165) is 24.8 Å². The number of hydrogen-bond acceptors (Lipinski definition) is 5. The van der Waals surface area contributed by atoms with Crippen LogP contribution in [0.15, 0.2) is 49.1 Å². The van der Waals surface area contributed by atoms with Gasteiger partial charge in [0, 0.05) is 12.2 Å². The second-order valence-electron chi connectivity index (χ2n) is 5.48. The molecule has 0 aliphatic carbocycles. The summed E-state index contributed by atoms with van der Waals surface area (Å²) in [6.07, 6.45) is 9.68. The molecule has 26 heavy (non-hydrogen) atoms. The zero-order valence-corrected chi connectivity index (χ0v) is 16.0. The molecule has 1 aromatic rings. The van der Waals surface area contributed by atoms with Gasteiger partial charge < -0.3 is 4.74 Å². The average molecular weight is 362 g/mol. The third-order valence-corrected chi connectivity index (χ3v) is 3.41. The van der Waals surface area contributed by atoms with E-state index >= 15 is 0 Å². The Morgan fingerprint density at radius 3 is 2.35 bits per heavy atom. The average Bonchev–Trinajstić information content (AvgIpc) is 2.67. The molecule has 0 fully saturated rings.